The van der Waals surface area contributed by atoms with Gasteiger partial charge in [0, 0.05) is 5.41 Å². The van der Waals surface area contributed by atoms with Crippen molar-refractivity contribution >= 4 is 14.4 Å². The van der Waals surface area contributed by atoms with E-state index in [-0.39, 0.29) is 46.5 Å². The molecule has 0 aromatic heterocycles. The SMILES string of the molecule is CC(C)(C)C1=[C-]C(C)(C)c2cc3c(cc21)-c1cc2c(cc1C3)C(C)(C)C=C2C(C)(C)C.[Cl-].[Cl-].[Zr+2]=[C](Cc1ccccc1)Cc1ccccc1.c1cc[cH-]c1. The van der Waals surface area contributed by atoms with Crippen LogP contribution in [0.5, 0.6) is 0 Å². The molecule has 5 aromatic rings. The van der Waals surface area contributed by atoms with Gasteiger partial charge in [0.15, 0.2) is 0 Å². The van der Waals surface area contributed by atoms with E-state index in [0.29, 0.717) is 0 Å². The van der Waals surface area contributed by atoms with Crippen LogP contribution in [0.2, 0.25) is 0 Å². The van der Waals surface area contributed by atoms with Crippen molar-refractivity contribution in [2.45, 2.75) is 99.3 Å². The monoisotopic (exact) mass is 828 g/mol. The fourth-order valence-electron chi connectivity index (χ4n) is 8.01. The average molecular weight is 831 g/mol. The third kappa shape index (κ3) is 9.70. The summed E-state index contributed by atoms with van der Waals surface area (Å²) in [5.41, 5.74) is 17.7. The summed E-state index contributed by atoms with van der Waals surface area (Å²) in [5.74, 6) is 0. The van der Waals surface area contributed by atoms with Crippen molar-refractivity contribution in [1.29, 1.82) is 0 Å². The van der Waals surface area contributed by atoms with Crippen LogP contribution in [0, 0.1) is 16.9 Å². The Morgan fingerprint density at radius 3 is 1.56 bits per heavy atom. The molecule has 0 N–H and O–H groups in total. The van der Waals surface area contributed by atoms with E-state index in [0.717, 1.165) is 19.3 Å². The molecule has 0 bridgehead atoms. The Morgan fingerprint density at radius 1 is 0.630 bits per heavy atom. The largest absolute Gasteiger partial charge is 0.214 e. The zero-order chi connectivity index (χ0) is 37.5. The fourth-order valence-corrected chi connectivity index (χ4v) is 9.01. The number of rotatable bonds is 4. The van der Waals surface area contributed by atoms with E-state index in [4.69, 9.17) is 0 Å². The minimum Gasteiger partial charge on any atom is -0.214 e. The molecular weight excluding hydrogens is 775 g/mol. The summed E-state index contributed by atoms with van der Waals surface area (Å²) in [7, 11) is 0. The van der Waals surface area contributed by atoms with Crippen LogP contribution in [0.3, 0.4) is 0 Å². The van der Waals surface area contributed by atoms with Gasteiger partial charge in [-0.1, -0.05) is 92.9 Å². The predicted molar refractivity (Wildman–Crippen MR) is 222 cm³/mol. The van der Waals surface area contributed by atoms with Crippen molar-refractivity contribution in [1.82, 2.24) is 0 Å². The van der Waals surface area contributed by atoms with Gasteiger partial charge in [-0.15, -0.1) is 11.6 Å². The number of hydrogen-bond donors (Lipinski definition) is 0. The summed E-state index contributed by atoms with van der Waals surface area (Å²) >= 11 is 1.55. The Kier molecular flexibility index (Phi) is 13.8. The van der Waals surface area contributed by atoms with E-state index in [1.54, 1.807) is 27.4 Å². The smallest absolute Gasteiger partial charge is 0.172 e. The molecule has 0 heterocycles. The first-order valence-corrected chi connectivity index (χ1v) is 20.2. The van der Waals surface area contributed by atoms with E-state index in [1.165, 1.54) is 66.8 Å². The van der Waals surface area contributed by atoms with Gasteiger partial charge < -0.3 is 24.8 Å². The number of allylic oxidation sites excluding steroid dienone is 4. The van der Waals surface area contributed by atoms with Gasteiger partial charge in [0.25, 0.3) is 0 Å². The Hall–Kier alpha value is -2.96. The topological polar surface area (TPSA) is 0 Å². The fraction of sp³-hybridized carbons (Fsp3) is 0.333. The van der Waals surface area contributed by atoms with Crippen LogP contribution < -0.4 is 24.8 Å². The Morgan fingerprint density at radius 2 is 1.11 bits per heavy atom. The molecule has 0 fully saturated rings. The second-order valence-electron chi connectivity index (χ2n) is 18.1. The molecule has 3 aliphatic rings. The van der Waals surface area contributed by atoms with E-state index < -0.39 is 0 Å². The molecule has 3 heteroatoms. The molecule has 0 nitrogen and oxygen atoms in total. The van der Waals surface area contributed by atoms with Gasteiger partial charge in [-0.25, -0.2) is 17.7 Å². The normalized spacial score (nSPS) is 15.3. The summed E-state index contributed by atoms with van der Waals surface area (Å²) in [5, 5.41) is 0. The third-order valence-electron chi connectivity index (χ3n) is 10.7. The summed E-state index contributed by atoms with van der Waals surface area (Å²) in [6.07, 6.45) is 9.64. The van der Waals surface area contributed by atoms with Gasteiger partial charge in [0.1, 0.15) is 0 Å². The van der Waals surface area contributed by atoms with Crippen molar-refractivity contribution in [2.24, 2.45) is 10.8 Å². The van der Waals surface area contributed by atoms with E-state index in [2.05, 4.69) is 166 Å². The van der Waals surface area contributed by atoms with Crippen molar-refractivity contribution in [3.05, 3.63) is 172 Å². The first-order valence-electron chi connectivity index (χ1n) is 19.0. The van der Waals surface area contributed by atoms with Crippen LogP contribution in [-0.2, 0) is 54.3 Å². The summed E-state index contributed by atoms with van der Waals surface area (Å²) in [4.78, 5) is 0. The molecule has 0 amide bonds. The van der Waals surface area contributed by atoms with Crippen LogP contribution >= 0.6 is 0 Å². The number of fused-ring (bicyclic) bond motifs is 5. The number of halogens is 2. The Bertz CT molecular complexity index is 1960. The van der Waals surface area contributed by atoms with Crippen LogP contribution in [-0.4, -0.2) is 3.21 Å². The average Bonchev–Trinajstić information content (AvgIpc) is 3.86. The maximum Gasteiger partial charge on any atom is -0.172 e. The molecule has 0 saturated heterocycles. The first kappa shape index (κ1) is 43.8. The number of hydrogen-bond acceptors (Lipinski definition) is 0. The minimum absolute atomic E-state index is 0. The van der Waals surface area contributed by atoms with Crippen molar-refractivity contribution in [2.75, 3.05) is 0 Å². The van der Waals surface area contributed by atoms with Crippen LogP contribution in [0.1, 0.15) is 114 Å². The van der Waals surface area contributed by atoms with Crippen molar-refractivity contribution in [3.63, 3.8) is 0 Å². The molecule has 8 rings (SSSR count). The zero-order valence-corrected chi connectivity index (χ0v) is 37.9. The maximum atomic E-state index is 3.85. The molecule has 280 valence electrons. The van der Waals surface area contributed by atoms with Gasteiger partial charge in [0.05, 0.1) is 0 Å². The van der Waals surface area contributed by atoms with Crippen molar-refractivity contribution < 1.29 is 49.0 Å². The zero-order valence-electron chi connectivity index (χ0n) is 33.9. The van der Waals surface area contributed by atoms with Crippen molar-refractivity contribution in [3.8, 4) is 11.1 Å². The first-order chi connectivity index (χ1) is 24.4. The third-order valence-corrected chi connectivity index (χ3v) is 11.5. The molecule has 0 saturated carbocycles. The minimum atomic E-state index is -0.0202. The van der Waals surface area contributed by atoms with Gasteiger partial charge in [-0.3, -0.25) is 6.08 Å². The van der Waals surface area contributed by atoms with Crippen LogP contribution in [0.25, 0.3) is 22.3 Å². The van der Waals surface area contributed by atoms with E-state index >= 15 is 0 Å². The van der Waals surface area contributed by atoms with Gasteiger partial charge in [-0.05, 0) is 62.3 Å². The molecule has 54 heavy (non-hydrogen) atoms. The van der Waals surface area contributed by atoms with Crippen LogP contribution in [0.4, 0.5) is 0 Å². The molecule has 0 atom stereocenters. The maximum absolute atomic E-state index is 3.85. The second kappa shape index (κ2) is 17.0. The summed E-state index contributed by atoms with van der Waals surface area (Å²) in [6.45, 7) is 23.3. The van der Waals surface area contributed by atoms with Crippen LogP contribution in [0.15, 0.2) is 121 Å². The summed E-state index contributed by atoms with van der Waals surface area (Å²) < 4.78 is 1.60. The molecule has 0 radical (unpaired) electrons. The molecule has 3 aliphatic carbocycles. The van der Waals surface area contributed by atoms with Gasteiger partial charge in [-0.2, -0.15) is 23.8 Å². The molecule has 0 spiro atoms. The van der Waals surface area contributed by atoms with Gasteiger partial charge in [0.2, 0.25) is 0 Å². The second-order valence-corrected chi connectivity index (χ2v) is 19.8. The molecular formula is C51H56Cl2Zr-2. The van der Waals surface area contributed by atoms with E-state index in [1.807, 2.05) is 30.3 Å². The number of benzene rings is 4. The van der Waals surface area contributed by atoms with E-state index in [9.17, 15) is 0 Å². The standard InChI is InChI=1S/C31H37.C15H14.C5H5.2ClH.Zr/c1-28(2,3)26-16-30(7,8)24-12-18-11-19-13-25-23(15-21(19)20(18)14-22(24)26)27(29(4,5)6)17-31(25,9)10;1-3-8-14(9-4-1)12-7-13-15-10-5-2-6-11-15;1-2-4-5-3-1;;;/h12-16H,11H2,1-10H3;1-6,8-11H,12-13H2;1-5H;2*1H;/q-1;;-1;;;+2/p-2. The Balaban J connectivity index is 0.000000236. The molecule has 0 unspecified atom stereocenters. The summed E-state index contributed by atoms with van der Waals surface area (Å²) in [6, 6.07) is 41.4. The molecule has 0 aliphatic heterocycles. The predicted octanol–water partition coefficient (Wildman–Crippen LogP) is 7.11. The quantitative estimate of drug-likeness (QED) is 0.167. The molecule has 5 aromatic carbocycles. The van der Waals surface area contributed by atoms with Gasteiger partial charge >= 0.3 is 112 Å². The Labute approximate surface area is 354 Å².